The highest BCUT2D eigenvalue weighted by molar-refractivity contribution is 9.10. The van der Waals surface area contributed by atoms with Crippen LogP contribution in [0.15, 0.2) is 40.9 Å². The van der Waals surface area contributed by atoms with Crippen LogP contribution in [0.5, 0.6) is 5.75 Å². The molecule has 0 unspecified atom stereocenters. The van der Waals surface area contributed by atoms with Crippen molar-refractivity contribution in [2.45, 2.75) is 13.3 Å². The SMILES string of the molecule is CCc1ccc(C(=O)Nc2cc(Cl)cc(Br)c2OC)cc1. The second-order valence-electron chi connectivity index (χ2n) is 4.47. The van der Waals surface area contributed by atoms with Crippen molar-refractivity contribution in [3.63, 3.8) is 0 Å². The normalized spacial score (nSPS) is 10.3. The van der Waals surface area contributed by atoms with Crippen molar-refractivity contribution < 1.29 is 9.53 Å². The van der Waals surface area contributed by atoms with Gasteiger partial charge in [0.2, 0.25) is 0 Å². The van der Waals surface area contributed by atoms with Crippen molar-refractivity contribution in [2.24, 2.45) is 0 Å². The number of nitrogens with one attached hydrogen (secondary N) is 1. The molecule has 0 aromatic heterocycles. The molecule has 0 aliphatic rings. The lowest BCUT2D eigenvalue weighted by Crippen LogP contribution is -2.12. The maximum Gasteiger partial charge on any atom is 0.255 e. The van der Waals surface area contributed by atoms with Crippen molar-refractivity contribution in [1.29, 1.82) is 0 Å². The third-order valence-corrected chi connectivity index (χ3v) is 3.89. The van der Waals surface area contributed by atoms with E-state index in [1.807, 2.05) is 12.1 Å². The number of carbonyl (C=O) groups is 1. The number of anilines is 1. The first-order chi connectivity index (χ1) is 10.0. The quantitative estimate of drug-likeness (QED) is 0.831. The van der Waals surface area contributed by atoms with E-state index >= 15 is 0 Å². The Labute approximate surface area is 137 Å². The van der Waals surface area contributed by atoms with E-state index < -0.39 is 0 Å². The van der Waals surface area contributed by atoms with Gasteiger partial charge < -0.3 is 10.1 Å². The largest absolute Gasteiger partial charge is 0.493 e. The summed E-state index contributed by atoms with van der Waals surface area (Å²) in [5.74, 6) is 0.336. The van der Waals surface area contributed by atoms with Crippen LogP contribution in [0.4, 0.5) is 5.69 Å². The number of aryl methyl sites for hydroxylation is 1. The molecule has 2 rings (SSSR count). The smallest absolute Gasteiger partial charge is 0.255 e. The van der Waals surface area contributed by atoms with Gasteiger partial charge in [-0.05, 0) is 52.2 Å². The van der Waals surface area contributed by atoms with Crippen molar-refractivity contribution in [3.05, 3.63) is 57.0 Å². The Morgan fingerprint density at radius 1 is 1.29 bits per heavy atom. The third kappa shape index (κ3) is 3.77. The minimum absolute atomic E-state index is 0.204. The Kier molecular flexibility index (Phi) is 5.26. The highest BCUT2D eigenvalue weighted by atomic mass is 79.9. The first-order valence-corrected chi connectivity index (χ1v) is 7.65. The summed E-state index contributed by atoms with van der Waals surface area (Å²) in [5.41, 5.74) is 2.31. The maximum absolute atomic E-state index is 12.3. The molecule has 5 heteroatoms. The van der Waals surface area contributed by atoms with E-state index in [9.17, 15) is 4.79 Å². The average Bonchev–Trinajstić information content (AvgIpc) is 2.47. The summed E-state index contributed by atoms with van der Waals surface area (Å²) in [7, 11) is 1.54. The molecule has 110 valence electrons. The van der Waals surface area contributed by atoms with Gasteiger partial charge in [-0.15, -0.1) is 0 Å². The molecule has 0 saturated heterocycles. The van der Waals surface area contributed by atoms with E-state index in [2.05, 4.69) is 28.2 Å². The number of hydrogen-bond donors (Lipinski definition) is 1. The van der Waals surface area contributed by atoms with E-state index in [1.165, 1.54) is 5.56 Å². The predicted octanol–water partition coefficient (Wildman–Crippen LogP) is 4.93. The van der Waals surface area contributed by atoms with Crippen LogP contribution >= 0.6 is 27.5 Å². The van der Waals surface area contributed by atoms with Crippen molar-refractivity contribution in [2.75, 3.05) is 12.4 Å². The van der Waals surface area contributed by atoms with Crippen LogP contribution in [0, 0.1) is 0 Å². The van der Waals surface area contributed by atoms with E-state index in [-0.39, 0.29) is 5.91 Å². The average molecular weight is 369 g/mol. The Morgan fingerprint density at radius 2 is 1.95 bits per heavy atom. The first-order valence-electron chi connectivity index (χ1n) is 6.48. The molecule has 0 fully saturated rings. The monoisotopic (exact) mass is 367 g/mol. The second kappa shape index (κ2) is 6.96. The number of carbonyl (C=O) groups excluding carboxylic acids is 1. The predicted molar refractivity (Wildman–Crippen MR) is 89.5 cm³/mol. The van der Waals surface area contributed by atoms with E-state index in [4.69, 9.17) is 16.3 Å². The lowest BCUT2D eigenvalue weighted by atomic mass is 10.1. The summed E-state index contributed by atoms with van der Waals surface area (Å²) >= 11 is 9.37. The van der Waals surface area contributed by atoms with Crippen LogP contribution in [0.1, 0.15) is 22.8 Å². The molecule has 2 aromatic carbocycles. The maximum atomic E-state index is 12.3. The Hall–Kier alpha value is -1.52. The Morgan fingerprint density at radius 3 is 2.52 bits per heavy atom. The lowest BCUT2D eigenvalue weighted by molar-refractivity contribution is 0.102. The number of benzene rings is 2. The molecular weight excluding hydrogens is 354 g/mol. The summed E-state index contributed by atoms with van der Waals surface area (Å²) in [6.45, 7) is 2.07. The van der Waals surface area contributed by atoms with Gasteiger partial charge in [0.25, 0.3) is 5.91 Å². The fourth-order valence-corrected chi connectivity index (χ4v) is 2.92. The van der Waals surface area contributed by atoms with Crippen LogP contribution in [0.25, 0.3) is 0 Å². The molecule has 1 N–H and O–H groups in total. The van der Waals surface area contributed by atoms with Gasteiger partial charge in [-0.2, -0.15) is 0 Å². The number of rotatable bonds is 4. The Balaban J connectivity index is 2.26. The van der Waals surface area contributed by atoms with Crippen LogP contribution in [0.2, 0.25) is 5.02 Å². The third-order valence-electron chi connectivity index (χ3n) is 3.09. The molecule has 0 aliphatic heterocycles. The molecule has 3 nitrogen and oxygen atoms in total. The van der Waals surface area contributed by atoms with Crippen LogP contribution in [-0.4, -0.2) is 13.0 Å². The molecule has 0 bridgehead atoms. The van der Waals surface area contributed by atoms with Crippen molar-refractivity contribution in [1.82, 2.24) is 0 Å². The summed E-state index contributed by atoms with van der Waals surface area (Å²) in [4.78, 5) is 12.3. The minimum Gasteiger partial charge on any atom is -0.493 e. The first kappa shape index (κ1) is 15.9. The number of hydrogen-bond acceptors (Lipinski definition) is 2. The molecule has 21 heavy (non-hydrogen) atoms. The van der Waals surface area contributed by atoms with Gasteiger partial charge >= 0.3 is 0 Å². The van der Waals surface area contributed by atoms with Crippen molar-refractivity contribution in [3.8, 4) is 5.75 Å². The number of ether oxygens (including phenoxy) is 1. The van der Waals surface area contributed by atoms with Gasteiger partial charge in [0.15, 0.2) is 5.75 Å². The van der Waals surface area contributed by atoms with Crippen LogP contribution in [0.3, 0.4) is 0 Å². The lowest BCUT2D eigenvalue weighted by Gasteiger charge is -2.12. The molecule has 0 radical (unpaired) electrons. The molecule has 0 aliphatic carbocycles. The van der Waals surface area contributed by atoms with Gasteiger partial charge in [0.05, 0.1) is 17.3 Å². The summed E-state index contributed by atoms with van der Waals surface area (Å²) in [6.07, 6.45) is 0.941. The second-order valence-corrected chi connectivity index (χ2v) is 5.76. The van der Waals surface area contributed by atoms with Gasteiger partial charge in [0.1, 0.15) is 0 Å². The van der Waals surface area contributed by atoms with Gasteiger partial charge in [-0.25, -0.2) is 0 Å². The van der Waals surface area contributed by atoms with E-state index in [0.717, 1.165) is 6.42 Å². The molecule has 0 spiro atoms. The molecule has 2 aromatic rings. The fraction of sp³-hybridized carbons (Fsp3) is 0.188. The number of methoxy groups -OCH3 is 1. The highest BCUT2D eigenvalue weighted by Gasteiger charge is 2.13. The minimum atomic E-state index is -0.204. The molecule has 1 amide bonds. The zero-order chi connectivity index (χ0) is 15.4. The van der Waals surface area contributed by atoms with E-state index in [1.54, 1.807) is 31.4 Å². The zero-order valence-electron chi connectivity index (χ0n) is 11.7. The van der Waals surface area contributed by atoms with Crippen LogP contribution < -0.4 is 10.1 Å². The molecule has 0 atom stereocenters. The standard InChI is InChI=1S/C16H15BrClNO2/c1-3-10-4-6-11(7-5-10)16(20)19-14-9-12(18)8-13(17)15(14)21-2/h4-9H,3H2,1-2H3,(H,19,20). The fourth-order valence-electron chi connectivity index (χ4n) is 1.95. The summed E-state index contributed by atoms with van der Waals surface area (Å²) in [5, 5.41) is 3.33. The zero-order valence-corrected chi connectivity index (χ0v) is 14.1. The summed E-state index contributed by atoms with van der Waals surface area (Å²) in [6, 6.07) is 10.9. The van der Waals surface area contributed by atoms with E-state index in [0.29, 0.717) is 26.5 Å². The number of amides is 1. The van der Waals surface area contributed by atoms with Gasteiger partial charge in [0, 0.05) is 10.6 Å². The van der Waals surface area contributed by atoms with Gasteiger partial charge in [-0.3, -0.25) is 4.79 Å². The molecular formula is C16H15BrClNO2. The molecule has 0 heterocycles. The Bertz CT molecular complexity index is 656. The van der Waals surface area contributed by atoms with Crippen LogP contribution in [-0.2, 0) is 6.42 Å². The summed E-state index contributed by atoms with van der Waals surface area (Å²) < 4.78 is 5.97. The topological polar surface area (TPSA) is 38.3 Å². The van der Waals surface area contributed by atoms with Gasteiger partial charge in [-0.1, -0.05) is 30.7 Å². The van der Waals surface area contributed by atoms with Crippen molar-refractivity contribution >= 4 is 39.1 Å². The highest BCUT2D eigenvalue weighted by Crippen LogP contribution is 2.36. The molecule has 0 saturated carbocycles. The number of halogens is 2.